The first-order chi connectivity index (χ1) is 8.25. The number of nitro benzene ring substituents is 1. The Morgan fingerprint density at radius 3 is 2.41 bits per heavy atom. The summed E-state index contributed by atoms with van der Waals surface area (Å²) in [5.74, 6) is 0. The second kappa shape index (κ2) is 5.02. The number of hydrogen-bond acceptors (Lipinski definition) is 5. The number of anilines is 1. The molecule has 0 aliphatic carbocycles. The molecule has 2 rings (SSSR count). The van der Waals surface area contributed by atoms with Crippen molar-refractivity contribution in [2.75, 3.05) is 5.32 Å². The van der Waals surface area contributed by atoms with E-state index in [1.165, 1.54) is 18.5 Å². The van der Waals surface area contributed by atoms with Crippen molar-refractivity contribution in [2.45, 2.75) is 6.54 Å². The van der Waals surface area contributed by atoms with Gasteiger partial charge in [-0.3, -0.25) is 10.1 Å². The predicted molar refractivity (Wildman–Crippen MR) is 62.5 cm³/mol. The van der Waals surface area contributed by atoms with Gasteiger partial charge in [-0.25, -0.2) is 9.97 Å². The molecular formula is C11H10N4O2. The maximum atomic E-state index is 10.5. The summed E-state index contributed by atoms with van der Waals surface area (Å²) < 4.78 is 0. The third kappa shape index (κ3) is 2.97. The summed E-state index contributed by atoms with van der Waals surface area (Å²) in [4.78, 5) is 17.8. The van der Waals surface area contributed by atoms with Gasteiger partial charge in [0.25, 0.3) is 5.69 Å². The van der Waals surface area contributed by atoms with Gasteiger partial charge in [-0.05, 0) is 12.1 Å². The number of nitrogens with one attached hydrogen (secondary N) is 1. The molecule has 0 bridgehead atoms. The summed E-state index contributed by atoms with van der Waals surface area (Å²) in [7, 11) is 0. The predicted octanol–water partition coefficient (Wildman–Crippen LogP) is 2.00. The Morgan fingerprint density at radius 2 is 1.82 bits per heavy atom. The molecule has 6 heteroatoms. The maximum Gasteiger partial charge on any atom is 0.269 e. The van der Waals surface area contributed by atoms with Gasteiger partial charge >= 0.3 is 0 Å². The fraction of sp³-hybridized carbons (Fsp3) is 0.0909. The van der Waals surface area contributed by atoms with Crippen LogP contribution in [0.15, 0.2) is 43.0 Å². The molecule has 17 heavy (non-hydrogen) atoms. The fourth-order valence-corrected chi connectivity index (χ4v) is 1.33. The minimum Gasteiger partial charge on any atom is -0.381 e. The largest absolute Gasteiger partial charge is 0.381 e. The zero-order valence-corrected chi connectivity index (χ0v) is 8.91. The molecule has 1 N–H and O–H groups in total. The monoisotopic (exact) mass is 230 g/mol. The van der Waals surface area contributed by atoms with E-state index in [-0.39, 0.29) is 5.69 Å². The van der Waals surface area contributed by atoms with Crippen LogP contribution in [-0.2, 0) is 6.54 Å². The third-order valence-electron chi connectivity index (χ3n) is 2.19. The number of non-ortho nitro benzene ring substituents is 1. The molecule has 2 aromatic rings. The molecular weight excluding hydrogens is 220 g/mol. The molecule has 0 atom stereocenters. The standard InChI is InChI=1S/C11H10N4O2/c16-15(17)11-3-1-10(2-4-11)14-7-9-5-12-8-13-6-9/h1-6,8,14H,7H2. The molecule has 0 amide bonds. The van der Waals surface area contributed by atoms with Crippen LogP contribution in [0.2, 0.25) is 0 Å². The maximum absolute atomic E-state index is 10.5. The van der Waals surface area contributed by atoms with Gasteiger partial charge in [0.1, 0.15) is 6.33 Å². The van der Waals surface area contributed by atoms with E-state index in [2.05, 4.69) is 15.3 Å². The van der Waals surface area contributed by atoms with Crippen LogP contribution in [0.25, 0.3) is 0 Å². The average Bonchev–Trinajstić information content (AvgIpc) is 2.38. The van der Waals surface area contributed by atoms with Crippen molar-refractivity contribution in [2.24, 2.45) is 0 Å². The van der Waals surface area contributed by atoms with Crippen LogP contribution in [0, 0.1) is 10.1 Å². The van der Waals surface area contributed by atoms with Crippen molar-refractivity contribution in [3.63, 3.8) is 0 Å². The van der Waals surface area contributed by atoms with Gasteiger partial charge < -0.3 is 5.32 Å². The Morgan fingerprint density at radius 1 is 1.18 bits per heavy atom. The summed E-state index contributed by atoms with van der Waals surface area (Å²) in [6, 6.07) is 6.26. The zero-order chi connectivity index (χ0) is 12.1. The molecule has 0 spiro atoms. The van der Waals surface area contributed by atoms with Gasteiger partial charge in [-0.2, -0.15) is 0 Å². The van der Waals surface area contributed by atoms with Gasteiger partial charge in [-0.1, -0.05) is 0 Å². The lowest BCUT2D eigenvalue weighted by Gasteiger charge is -2.05. The van der Waals surface area contributed by atoms with E-state index in [0.29, 0.717) is 6.54 Å². The van der Waals surface area contributed by atoms with Gasteiger partial charge in [0.05, 0.1) is 4.92 Å². The number of aromatic nitrogens is 2. The highest BCUT2D eigenvalue weighted by Crippen LogP contribution is 2.15. The summed E-state index contributed by atoms with van der Waals surface area (Å²) in [6.45, 7) is 0.582. The highest BCUT2D eigenvalue weighted by atomic mass is 16.6. The SMILES string of the molecule is O=[N+]([O-])c1ccc(NCc2cncnc2)cc1. The lowest BCUT2D eigenvalue weighted by atomic mass is 10.2. The lowest BCUT2D eigenvalue weighted by Crippen LogP contribution is -2.00. The second-order valence-corrected chi connectivity index (χ2v) is 3.40. The van der Waals surface area contributed by atoms with Crippen molar-refractivity contribution in [3.8, 4) is 0 Å². The quantitative estimate of drug-likeness (QED) is 0.641. The molecule has 0 radical (unpaired) electrons. The average molecular weight is 230 g/mol. The highest BCUT2D eigenvalue weighted by molar-refractivity contribution is 5.48. The molecule has 0 saturated carbocycles. The van der Waals surface area contributed by atoms with Crippen LogP contribution < -0.4 is 5.32 Å². The molecule has 0 aliphatic heterocycles. The summed E-state index contributed by atoms with van der Waals surface area (Å²) >= 11 is 0. The van der Waals surface area contributed by atoms with E-state index in [9.17, 15) is 10.1 Å². The number of nitro groups is 1. The Balaban J connectivity index is 1.98. The van der Waals surface area contributed by atoms with Crippen LogP contribution in [0.4, 0.5) is 11.4 Å². The minimum atomic E-state index is -0.422. The van der Waals surface area contributed by atoms with Gasteiger partial charge in [0.15, 0.2) is 0 Å². The Bertz CT molecular complexity index is 499. The molecule has 86 valence electrons. The zero-order valence-electron chi connectivity index (χ0n) is 8.91. The van der Waals surface area contributed by atoms with Gasteiger partial charge in [-0.15, -0.1) is 0 Å². The van der Waals surface area contributed by atoms with Crippen LogP contribution in [-0.4, -0.2) is 14.9 Å². The first kappa shape index (κ1) is 11.0. The topological polar surface area (TPSA) is 81.0 Å². The second-order valence-electron chi connectivity index (χ2n) is 3.40. The van der Waals surface area contributed by atoms with Crippen LogP contribution in [0.3, 0.4) is 0 Å². The van der Waals surface area contributed by atoms with E-state index in [1.54, 1.807) is 24.5 Å². The Hall–Kier alpha value is -2.50. The fourth-order valence-electron chi connectivity index (χ4n) is 1.33. The number of hydrogen-bond donors (Lipinski definition) is 1. The van der Waals surface area contributed by atoms with Crippen molar-refractivity contribution >= 4 is 11.4 Å². The Labute approximate surface area is 97.5 Å². The minimum absolute atomic E-state index is 0.0820. The van der Waals surface area contributed by atoms with Gasteiger partial charge in [0, 0.05) is 42.3 Å². The van der Waals surface area contributed by atoms with E-state index in [4.69, 9.17) is 0 Å². The molecule has 0 saturated heterocycles. The first-order valence-electron chi connectivity index (χ1n) is 4.98. The molecule has 1 heterocycles. The van der Waals surface area contributed by atoms with E-state index in [0.717, 1.165) is 11.3 Å². The van der Waals surface area contributed by atoms with E-state index in [1.807, 2.05) is 0 Å². The molecule has 0 fully saturated rings. The third-order valence-corrected chi connectivity index (χ3v) is 2.19. The van der Waals surface area contributed by atoms with Crippen molar-refractivity contribution in [1.29, 1.82) is 0 Å². The van der Waals surface area contributed by atoms with E-state index < -0.39 is 4.92 Å². The molecule has 6 nitrogen and oxygen atoms in total. The van der Waals surface area contributed by atoms with Crippen LogP contribution >= 0.6 is 0 Å². The first-order valence-corrected chi connectivity index (χ1v) is 4.98. The summed E-state index contributed by atoms with van der Waals surface area (Å²) in [5.41, 5.74) is 1.85. The lowest BCUT2D eigenvalue weighted by molar-refractivity contribution is -0.384. The number of benzene rings is 1. The molecule has 1 aromatic heterocycles. The summed E-state index contributed by atoms with van der Waals surface area (Å²) in [5, 5.41) is 13.6. The highest BCUT2D eigenvalue weighted by Gasteiger charge is 2.03. The van der Waals surface area contributed by atoms with E-state index >= 15 is 0 Å². The summed E-state index contributed by atoms with van der Waals surface area (Å²) in [6.07, 6.45) is 4.89. The number of nitrogens with zero attached hydrogens (tertiary/aromatic N) is 3. The van der Waals surface area contributed by atoms with Crippen LogP contribution in [0.1, 0.15) is 5.56 Å². The van der Waals surface area contributed by atoms with Crippen molar-refractivity contribution in [3.05, 3.63) is 58.7 Å². The Kier molecular flexibility index (Phi) is 3.25. The molecule has 1 aromatic carbocycles. The van der Waals surface area contributed by atoms with Crippen molar-refractivity contribution in [1.82, 2.24) is 9.97 Å². The molecule has 0 aliphatic rings. The van der Waals surface area contributed by atoms with Crippen LogP contribution in [0.5, 0.6) is 0 Å². The molecule has 0 unspecified atom stereocenters. The number of rotatable bonds is 4. The van der Waals surface area contributed by atoms with Crippen molar-refractivity contribution < 1.29 is 4.92 Å². The smallest absolute Gasteiger partial charge is 0.269 e. The normalized spacial score (nSPS) is 9.88. The van der Waals surface area contributed by atoms with Gasteiger partial charge in [0.2, 0.25) is 0 Å².